The van der Waals surface area contributed by atoms with Crippen molar-refractivity contribution >= 4 is 11.7 Å². The number of aryl methyl sites for hydroxylation is 1. The number of aromatic nitrogens is 6. The van der Waals surface area contributed by atoms with Gasteiger partial charge in [-0.3, -0.25) is 19.2 Å². The van der Waals surface area contributed by atoms with Crippen molar-refractivity contribution in [1.82, 2.24) is 39.6 Å². The van der Waals surface area contributed by atoms with Crippen LogP contribution in [0.3, 0.4) is 0 Å². The van der Waals surface area contributed by atoms with E-state index in [1.54, 1.807) is 21.7 Å². The first-order valence-corrected chi connectivity index (χ1v) is 9.37. The number of aromatic amines is 1. The molecular formula is C18H22N8O2. The smallest absolute Gasteiger partial charge is 0.292 e. The summed E-state index contributed by atoms with van der Waals surface area (Å²) in [7, 11) is 0. The molecule has 1 amide bonds. The van der Waals surface area contributed by atoms with Crippen LogP contribution in [0.1, 0.15) is 22.0 Å². The second-order valence-corrected chi connectivity index (χ2v) is 7.92. The highest BCUT2D eigenvalue weighted by atomic mass is 16.3. The number of carbonyl (C=O) groups is 1. The number of likely N-dealkylation sites (tertiary alicyclic amines) is 2. The van der Waals surface area contributed by atoms with E-state index in [1.165, 1.54) is 0 Å². The zero-order valence-electron chi connectivity index (χ0n) is 15.6. The van der Waals surface area contributed by atoms with Gasteiger partial charge in [-0.15, -0.1) is 10.2 Å². The lowest BCUT2D eigenvalue weighted by Crippen LogP contribution is -2.39. The minimum atomic E-state index is -0.301. The molecule has 2 saturated heterocycles. The topological polar surface area (TPSA) is 116 Å². The van der Waals surface area contributed by atoms with E-state index in [4.69, 9.17) is 0 Å². The molecule has 0 spiro atoms. The van der Waals surface area contributed by atoms with Gasteiger partial charge in [0.2, 0.25) is 5.82 Å². The maximum atomic E-state index is 13.1. The lowest BCUT2D eigenvalue weighted by atomic mass is 9.82. The minimum Gasteiger partial charge on any atom is -0.396 e. The zero-order valence-corrected chi connectivity index (χ0v) is 15.6. The summed E-state index contributed by atoms with van der Waals surface area (Å²) < 4.78 is 1.62. The largest absolute Gasteiger partial charge is 0.396 e. The normalized spacial score (nSPS) is 24.9. The van der Waals surface area contributed by atoms with Gasteiger partial charge >= 0.3 is 0 Å². The van der Waals surface area contributed by atoms with Crippen LogP contribution >= 0.6 is 0 Å². The van der Waals surface area contributed by atoms with Crippen LogP contribution in [0.4, 0.5) is 0 Å². The quantitative estimate of drug-likeness (QED) is 0.638. The summed E-state index contributed by atoms with van der Waals surface area (Å²) in [6, 6.07) is 3.79. The Labute approximate surface area is 161 Å². The Morgan fingerprint density at radius 1 is 1.32 bits per heavy atom. The summed E-state index contributed by atoms with van der Waals surface area (Å²) in [5, 5.41) is 25.2. The first-order valence-electron chi connectivity index (χ1n) is 9.37. The second-order valence-electron chi connectivity index (χ2n) is 7.92. The van der Waals surface area contributed by atoms with E-state index < -0.39 is 0 Å². The van der Waals surface area contributed by atoms with Gasteiger partial charge in [0.05, 0.1) is 6.61 Å². The summed E-state index contributed by atoms with van der Waals surface area (Å²) in [4.78, 5) is 21.5. The number of aliphatic hydroxyl groups is 1. The summed E-state index contributed by atoms with van der Waals surface area (Å²) in [5.74, 6) is 0.750. The molecule has 3 aromatic heterocycles. The number of fused-ring (bicyclic) bond motifs is 2. The van der Waals surface area contributed by atoms with Gasteiger partial charge in [-0.1, -0.05) is 0 Å². The zero-order chi connectivity index (χ0) is 19.3. The first-order chi connectivity index (χ1) is 13.6. The Morgan fingerprint density at radius 3 is 2.96 bits per heavy atom. The molecule has 0 radical (unpaired) electrons. The monoisotopic (exact) mass is 382 g/mol. The Kier molecular flexibility index (Phi) is 3.91. The van der Waals surface area contributed by atoms with Crippen molar-refractivity contribution in [2.75, 3.05) is 32.8 Å². The second kappa shape index (κ2) is 6.35. The third-order valence-electron chi connectivity index (χ3n) is 5.99. The number of H-pyrrole nitrogens is 1. The summed E-state index contributed by atoms with van der Waals surface area (Å²) >= 11 is 0. The highest BCUT2D eigenvalue weighted by molar-refractivity contribution is 5.91. The Bertz CT molecular complexity index is 1020. The molecule has 0 aromatic carbocycles. The molecule has 28 heavy (non-hydrogen) atoms. The maximum absolute atomic E-state index is 13.1. The SMILES string of the molecule is Cc1ccn2c(C(=O)N3CC4CN(Cc5ccn[nH]5)CC4(CO)C3)nnc2n1. The number of nitrogens with one attached hydrogen (secondary N) is 1. The lowest BCUT2D eigenvalue weighted by Gasteiger charge is -2.27. The Hall–Kier alpha value is -2.85. The Morgan fingerprint density at radius 2 is 2.21 bits per heavy atom. The molecule has 0 saturated carbocycles. The predicted molar refractivity (Wildman–Crippen MR) is 98.3 cm³/mol. The molecule has 2 unspecified atom stereocenters. The van der Waals surface area contributed by atoms with Gasteiger partial charge in [0.1, 0.15) is 0 Å². The molecule has 5 rings (SSSR count). The molecule has 2 aliphatic heterocycles. The fourth-order valence-corrected chi connectivity index (χ4v) is 4.56. The van der Waals surface area contributed by atoms with Crippen LogP contribution in [0.2, 0.25) is 0 Å². The molecule has 2 atom stereocenters. The third kappa shape index (κ3) is 2.68. The van der Waals surface area contributed by atoms with E-state index in [0.717, 1.165) is 31.0 Å². The standard InChI is InChI=1S/C18H22N8O2/c1-12-3-5-26-15(22-23-17(26)20-12)16(28)25-7-13-6-24(8-14-2-4-19-21-14)9-18(13,10-25)11-27/h2-5,13,27H,6-11H2,1H3,(H,19,21). The molecule has 146 valence electrons. The van der Waals surface area contributed by atoms with Crippen LogP contribution in [0.5, 0.6) is 0 Å². The highest BCUT2D eigenvalue weighted by Gasteiger charge is 2.53. The molecule has 2 N–H and O–H groups in total. The molecule has 10 heteroatoms. The summed E-state index contributed by atoms with van der Waals surface area (Å²) in [6.45, 7) is 5.41. The van der Waals surface area contributed by atoms with Crippen molar-refractivity contribution in [3.8, 4) is 0 Å². The highest BCUT2D eigenvalue weighted by Crippen LogP contribution is 2.42. The number of amides is 1. The molecule has 5 heterocycles. The van der Waals surface area contributed by atoms with Gasteiger partial charge in [0.25, 0.3) is 11.7 Å². The predicted octanol–water partition coefficient (Wildman–Crippen LogP) is -0.278. The van der Waals surface area contributed by atoms with Crippen molar-refractivity contribution in [1.29, 1.82) is 0 Å². The average Bonchev–Trinajstić information content (AvgIpc) is 3.43. The third-order valence-corrected chi connectivity index (χ3v) is 5.99. The van der Waals surface area contributed by atoms with Crippen LogP contribution in [0.25, 0.3) is 5.78 Å². The number of hydrogen-bond acceptors (Lipinski definition) is 7. The van der Waals surface area contributed by atoms with E-state index in [2.05, 4.69) is 30.3 Å². The van der Waals surface area contributed by atoms with Gasteiger partial charge in [-0.25, -0.2) is 4.98 Å². The van der Waals surface area contributed by atoms with Crippen molar-refractivity contribution in [3.63, 3.8) is 0 Å². The van der Waals surface area contributed by atoms with Crippen molar-refractivity contribution in [2.24, 2.45) is 11.3 Å². The first kappa shape index (κ1) is 17.3. The molecule has 0 bridgehead atoms. The van der Waals surface area contributed by atoms with Crippen LogP contribution in [-0.4, -0.2) is 83.4 Å². The molecular weight excluding hydrogens is 360 g/mol. The number of hydrogen-bond donors (Lipinski definition) is 2. The van der Waals surface area contributed by atoms with Gasteiger partial charge in [0.15, 0.2) is 0 Å². The van der Waals surface area contributed by atoms with Crippen molar-refractivity contribution in [2.45, 2.75) is 13.5 Å². The number of aliphatic hydroxyl groups excluding tert-OH is 1. The van der Waals surface area contributed by atoms with Crippen LogP contribution in [-0.2, 0) is 6.54 Å². The van der Waals surface area contributed by atoms with Gasteiger partial charge in [-0.2, -0.15) is 5.10 Å². The number of nitrogens with zero attached hydrogens (tertiary/aromatic N) is 7. The van der Waals surface area contributed by atoms with Crippen LogP contribution < -0.4 is 0 Å². The molecule has 3 aromatic rings. The van der Waals surface area contributed by atoms with Crippen LogP contribution in [0.15, 0.2) is 24.5 Å². The molecule has 10 nitrogen and oxygen atoms in total. The molecule has 0 aliphatic carbocycles. The molecule has 2 aliphatic rings. The van der Waals surface area contributed by atoms with Crippen LogP contribution in [0, 0.1) is 18.3 Å². The van der Waals surface area contributed by atoms with Gasteiger partial charge < -0.3 is 10.0 Å². The average molecular weight is 382 g/mol. The fourth-order valence-electron chi connectivity index (χ4n) is 4.56. The number of rotatable bonds is 4. The van der Waals surface area contributed by atoms with E-state index in [9.17, 15) is 9.90 Å². The van der Waals surface area contributed by atoms with E-state index in [1.807, 2.05) is 19.1 Å². The van der Waals surface area contributed by atoms with Gasteiger partial charge in [-0.05, 0) is 25.0 Å². The summed E-state index contributed by atoms with van der Waals surface area (Å²) in [6.07, 6.45) is 3.52. The van der Waals surface area contributed by atoms with Gasteiger partial charge in [0, 0.05) is 61.9 Å². The van der Waals surface area contributed by atoms with E-state index in [-0.39, 0.29) is 29.7 Å². The summed E-state index contributed by atoms with van der Waals surface area (Å²) in [5.41, 5.74) is 1.58. The molecule has 2 fully saturated rings. The fraction of sp³-hybridized carbons (Fsp3) is 0.500. The maximum Gasteiger partial charge on any atom is 0.292 e. The lowest BCUT2D eigenvalue weighted by molar-refractivity contribution is 0.0706. The van der Waals surface area contributed by atoms with E-state index in [0.29, 0.717) is 18.9 Å². The Balaban J connectivity index is 1.34. The van der Waals surface area contributed by atoms with E-state index >= 15 is 0 Å². The van der Waals surface area contributed by atoms with Crippen molar-refractivity contribution in [3.05, 3.63) is 41.7 Å². The number of carbonyl (C=O) groups excluding carboxylic acids is 1. The minimum absolute atomic E-state index is 0.0578. The van der Waals surface area contributed by atoms with Crippen molar-refractivity contribution < 1.29 is 9.90 Å².